The first-order chi connectivity index (χ1) is 14.8. The van der Waals surface area contributed by atoms with Crippen LogP contribution in [-0.4, -0.2) is 32.7 Å². The first kappa shape index (κ1) is 24.3. The van der Waals surface area contributed by atoms with Crippen LogP contribution in [-0.2, 0) is 20.7 Å². The lowest BCUT2D eigenvalue weighted by Crippen LogP contribution is -2.22. The summed E-state index contributed by atoms with van der Waals surface area (Å²) in [7, 11) is 3.14. The molecule has 2 aromatic carbocycles. The van der Waals surface area contributed by atoms with Crippen LogP contribution in [0, 0.1) is 0 Å². The van der Waals surface area contributed by atoms with Gasteiger partial charge in [0, 0.05) is 12.1 Å². The standard InChI is InChI=1S/C25H33NO5/c1-16(2)19-8-7-9-20(17(3)4)25(19)26-23(27)15-31-24(28)13-11-18-10-12-21(29-5)22(14-18)30-6/h7-10,12,14,16-17H,11,13,15H2,1-6H3,(H,26,27). The average Bonchev–Trinajstić information content (AvgIpc) is 2.75. The van der Waals surface area contributed by atoms with Crippen LogP contribution in [0.1, 0.15) is 62.6 Å². The molecule has 0 saturated heterocycles. The number of amides is 1. The molecule has 0 unspecified atom stereocenters. The summed E-state index contributed by atoms with van der Waals surface area (Å²) in [6.07, 6.45) is 0.650. The number of nitrogens with one attached hydrogen (secondary N) is 1. The molecule has 2 rings (SSSR count). The van der Waals surface area contributed by atoms with Crippen molar-refractivity contribution >= 4 is 17.6 Å². The fourth-order valence-corrected chi connectivity index (χ4v) is 3.37. The summed E-state index contributed by atoms with van der Waals surface area (Å²) >= 11 is 0. The first-order valence-electron chi connectivity index (χ1n) is 10.6. The van der Waals surface area contributed by atoms with Gasteiger partial charge in [-0.05, 0) is 47.1 Å². The zero-order chi connectivity index (χ0) is 23.0. The summed E-state index contributed by atoms with van der Waals surface area (Å²) in [5.41, 5.74) is 3.88. The number of ether oxygens (including phenoxy) is 3. The van der Waals surface area contributed by atoms with Crippen molar-refractivity contribution in [2.45, 2.75) is 52.4 Å². The van der Waals surface area contributed by atoms with Crippen LogP contribution in [0.3, 0.4) is 0 Å². The SMILES string of the molecule is COc1ccc(CCC(=O)OCC(=O)Nc2c(C(C)C)cccc2C(C)C)cc1OC. The van der Waals surface area contributed by atoms with E-state index in [0.717, 1.165) is 22.4 Å². The second-order valence-corrected chi connectivity index (χ2v) is 8.02. The molecule has 1 N–H and O–H groups in total. The van der Waals surface area contributed by atoms with Gasteiger partial charge in [-0.2, -0.15) is 0 Å². The molecule has 0 aliphatic carbocycles. The van der Waals surface area contributed by atoms with E-state index < -0.39 is 5.97 Å². The Bertz CT molecular complexity index is 879. The maximum absolute atomic E-state index is 12.5. The number of hydrogen-bond acceptors (Lipinski definition) is 5. The monoisotopic (exact) mass is 427 g/mol. The van der Waals surface area contributed by atoms with Crippen LogP contribution < -0.4 is 14.8 Å². The third-order valence-corrected chi connectivity index (χ3v) is 5.07. The molecule has 31 heavy (non-hydrogen) atoms. The van der Waals surface area contributed by atoms with Crippen molar-refractivity contribution < 1.29 is 23.8 Å². The molecule has 0 radical (unpaired) electrons. The number of para-hydroxylation sites is 1. The number of carbonyl (C=O) groups is 2. The molecule has 0 fully saturated rings. The van der Waals surface area contributed by atoms with E-state index in [1.165, 1.54) is 0 Å². The number of aryl methyl sites for hydroxylation is 1. The van der Waals surface area contributed by atoms with Gasteiger partial charge in [-0.3, -0.25) is 9.59 Å². The number of benzene rings is 2. The van der Waals surface area contributed by atoms with Gasteiger partial charge >= 0.3 is 5.97 Å². The van der Waals surface area contributed by atoms with Gasteiger partial charge in [0.05, 0.1) is 14.2 Å². The predicted octanol–water partition coefficient (Wildman–Crippen LogP) is 5.07. The Morgan fingerprint density at radius 3 is 2.06 bits per heavy atom. The Labute approximate surface area is 184 Å². The highest BCUT2D eigenvalue weighted by molar-refractivity contribution is 5.94. The van der Waals surface area contributed by atoms with E-state index >= 15 is 0 Å². The molecule has 0 atom stereocenters. The second-order valence-electron chi connectivity index (χ2n) is 8.02. The summed E-state index contributed by atoms with van der Waals surface area (Å²) < 4.78 is 15.7. The van der Waals surface area contributed by atoms with Gasteiger partial charge in [-0.25, -0.2) is 0 Å². The smallest absolute Gasteiger partial charge is 0.306 e. The van der Waals surface area contributed by atoms with Crippen molar-refractivity contribution in [3.63, 3.8) is 0 Å². The molecule has 0 heterocycles. The normalized spacial score (nSPS) is 10.8. The topological polar surface area (TPSA) is 73.9 Å². The van der Waals surface area contributed by atoms with Crippen LogP contribution in [0.15, 0.2) is 36.4 Å². The highest BCUT2D eigenvalue weighted by atomic mass is 16.5. The largest absolute Gasteiger partial charge is 0.493 e. The zero-order valence-corrected chi connectivity index (χ0v) is 19.3. The lowest BCUT2D eigenvalue weighted by molar-refractivity contribution is -0.147. The van der Waals surface area contributed by atoms with Gasteiger partial charge in [0.25, 0.3) is 5.91 Å². The van der Waals surface area contributed by atoms with E-state index in [2.05, 4.69) is 33.0 Å². The van der Waals surface area contributed by atoms with Crippen molar-refractivity contribution in [3.05, 3.63) is 53.1 Å². The van der Waals surface area contributed by atoms with Gasteiger partial charge in [0.2, 0.25) is 0 Å². The number of rotatable bonds is 10. The molecule has 0 aliphatic heterocycles. The summed E-state index contributed by atoms with van der Waals surface area (Å²) in [5.74, 6) is 1.00. The van der Waals surface area contributed by atoms with Gasteiger partial charge in [0.1, 0.15) is 0 Å². The Kier molecular flexibility index (Phi) is 8.91. The van der Waals surface area contributed by atoms with E-state index in [0.29, 0.717) is 17.9 Å². The summed E-state index contributed by atoms with van der Waals surface area (Å²) in [4.78, 5) is 24.6. The summed E-state index contributed by atoms with van der Waals surface area (Å²) in [6.45, 7) is 8.04. The Morgan fingerprint density at radius 1 is 0.903 bits per heavy atom. The lowest BCUT2D eigenvalue weighted by atomic mass is 9.92. The van der Waals surface area contributed by atoms with Gasteiger partial charge < -0.3 is 19.5 Å². The van der Waals surface area contributed by atoms with Gasteiger partial charge in [0.15, 0.2) is 18.1 Å². The predicted molar refractivity (Wildman–Crippen MR) is 122 cm³/mol. The maximum atomic E-state index is 12.5. The van der Waals surface area contributed by atoms with E-state index in [4.69, 9.17) is 14.2 Å². The molecule has 0 aliphatic rings. The number of hydrogen-bond donors (Lipinski definition) is 1. The zero-order valence-electron chi connectivity index (χ0n) is 19.3. The molecular formula is C25H33NO5. The first-order valence-corrected chi connectivity index (χ1v) is 10.6. The molecule has 2 aromatic rings. The molecule has 0 bridgehead atoms. The van der Waals surface area contributed by atoms with Crippen molar-refractivity contribution in [1.29, 1.82) is 0 Å². The van der Waals surface area contributed by atoms with E-state index in [9.17, 15) is 9.59 Å². The Hall–Kier alpha value is -3.02. The third-order valence-electron chi connectivity index (χ3n) is 5.07. The van der Waals surface area contributed by atoms with E-state index in [1.54, 1.807) is 20.3 Å². The maximum Gasteiger partial charge on any atom is 0.306 e. The molecule has 0 spiro atoms. The fraction of sp³-hybridized carbons (Fsp3) is 0.440. The Morgan fingerprint density at radius 2 is 1.52 bits per heavy atom. The van der Waals surface area contributed by atoms with Crippen LogP contribution in [0.4, 0.5) is 5.69 Å². The number of anilines is 1. The minimum atomic E-state index is -0.425. The average molecular weight is 428 g/mol. The highest BCUT2D eigenvalue weighted by Crippen LogP contribution is 2.32. The van der Waals surface area contributed by atoms with E-state index in [-0.39, 0.29) is 30.8 Å². The van der Waals surface area contributed by atoms with Crippen LogP contribution in [0.5, 0.6) is 11.5 Å². The number of carbonyl (C=O) groups excluding carboxylic acids is 2. The van der Waals surface area contributed by atoms with Crippen LogP contribution in [0.25, 0.3) is 0 Å². The Balaban J connectivity index is 1.93. The second kappa shape index (κ2) is 11.4. The van der Waals surface area contributed by atoms with Gasteiger partial charge in [-0.1, -0.05) is 52.0 Å². The molecule has 0 aromatic heterocycles. The molecule has 168 valence electrons. The number of esters is 1. The number of methoxy groups -OCH3 is 2. The fourth-order valence-electron chi connectivity index (χ4n) is 3.37. The molecule has 6 nitrogen and oxygen atoms in total. The van der Waals surface area contributed by atoms with Crippen molar-refractivity contribution in [3.8, 4) is 11.5 Å². The minimum Gasteiger partial charge on any atom is -0.493 e. The molecule has 0 saturated carbocycles. The van der Waals surface area contributed by atoms with Crippen molar-refractivity contribution in [2.24, 2.45) is 0 Å². The lowest BCUT2D eigenvalue weighted by Gasteiger charge is -2.20. The summed E-state index contributed by atoms with van der Waals surface area (Å²) in [5, 5.41) is 2.95. The summed E-state index contributed by atoms with van der Waals surface area (Å²) in [6, 6.07) is 11.5. The van der Waals surface area contributed by atoms with Crippen molar-refractivity contribution in [2.75, 3.05) is 26.1 Å². The highest BCUT2D eigenvalue weighted by Gasteiger charge is 2.17. The van der Waals surface area contributed by atoms with Crippen molar-refractivity contribution in [1.82, 2.24) is 0 Å². The molecule has 6 heteroatoms. The minimum absolute atomic E-state index is 0.169. The van der Waals surface area contributed by atoms with Crippen LogP contribution in [0.2, 0.25) is 0 Å². The molecule has 1 amide bonds. The van der Waals surface area contributed by atoms with Gasteiger partial charge in [-0.15, -0.1) is 0 Å². The third kappa shape index (κ3) is 6.74. The van der Waals surface area contributed by atoms with E-state index in [1.807, 2.05) is 30.3 Å². The quantitative estimate of drug-likeness (QED) is 0.536. The molecular weight excluding hydrogens is 394 g/mol. The van der Waals surface area contributed by atoms with Crippen LogP contribution >= 0.6 is 0 Å².